The molecule has 0 heterocycles. The van der Waals surface area contributed by atoms with Crippen molar-refractivity contribution in [1.82, 2.24) is 0 Å². The van der Waals surface area contributed by atoms with E-state index in [1.165, 1.54) is 0 Å². The van der Waals surface area contributed by atoms with Crippen LogP contribution in [0, 0.1) is 0 Å². The van der Waals surface area contributed by atoms with Crippen molar-refractivity contribution in [3.63, 3.8) is 0 Å². The Kier molecular flexibility index (Phi) is 25.8. The van der Waals surface area contributed by atoms with Gasteiger partial charge in [-0.15, -0.1) is 0 Å². The van der Waals surface area contributed by atoms with Crippen molar-refractivity contribution >= 4 is 18.5 Å². The maximum atomic E-state index is 7.23. The van der Waals surface area contributed by atoms with Gasteiger partial charge in [-0.1, -0.05) is 0 Å². The quantitative estimate of drug-likeness (QED) is 0.240. The van der Waals surface area contributed by atoms with Gasteiger partial charge in [0.2, 0.25) is 0 Å². The molecule has 0 rings (SSSR count). The zero-order valence-corrected chi connectivity index (χ0v) is 7.80. The summed E-state index contributed by atoms with van der Waals surface area (Å²) in [7, 11) is -2.62. The van der Waals surface area contributed by atoms with Crippen molar-refractivity contribution in [2.45, 2.75) is 0 Å². The van der Waals surface area contributed by atoms with Gasteiger partial charge in [-0.3, -0.25) is 0 Å². The van der Waals surface area contributed by atoms with Crippen LogP contribution in [-0.4, -0.2) is 14.7 Å². The molecule has 3 N–H and O–H groups in total. The molecule has 0 aliphatic rings. The van der Waals surface area contributed by atoms with Gasteiger partial charge in [0.05, 0.1) is 0 Å². The summed E-state index contributed by atoms with van der Waals surface area (Å²) in [4.78, 5) is 21.7. The van der Waals surface area contributed by atoms with E-state index in [4.69, 9.17) is 14.7 Å². The molecule has 6 heteroatoms. The molecule has 0 aromatic carbocycles. The van der Waals surface area contributed by atoms with Crippen LogP contribution in [0.3, 0.4) is 0 Å². The standard InChI is InChI=1S/Na.H3O3P.H3P.H/c;1-4(2)3;;/h;1-3H;1H3;/q+1;;;-1. The Labute approximate surface area is 64.2 Å². The molecule has 0 aromatic rings. The van der Waals surface area contributed by atoms with E-state index >= 15 is 0 Å². The number of hydrogen-bond donors (Lipinski definition) is 3. The minimum absolute atomic E-state index is 0. The smallest absolute Gasteiger partial charge is 1.00 e. The van der Waals surface area contributed by atoms with Crippen molar-refractivity contribution in [2.75, 3.05) is 0 Å². The first-order valence-corrected chi connectivity index (χ1v) is 1.80. The Morgan fingerprint density at radius 2 is 1.17 bits per heavy atom. The maximum Gasteiger partial charge on any atom is 1.00 e. The summed E-state index contributed by atoms with van der Waals surface area (Å²) in [5, 5.41) is 0. The van der Waals surface area contributed by atoms with Crippen molar-refractivity contribution in [1.29, 1.82) is 0 Å². The summed E-state index contributed by atoms with van der Waals surface area (Å²) in [6, 6.07) is 0. The molecule has 0 aliphatic heterocycles. The zero-order valence-electron chi connectivity index (χ0n) is 4.50. The molecule has 1 unspecified atom stereocenters. The van der Waals surface area contributed by atoms with E-state index in [0.29, 0.717) is 0 Å². The summed E-state index contributed by atoms with van der Waals surface area (Å²) >= 11 is 0. The second kappa shape index (κ2) is 9.88. The summed E-state index contributed by atoms with van der Waals surface area (Å²) in [6.07, 6.45) is 0. The van der Waals surface area contributed by atoms with Gasteiger partial charge in [0.25, 0.3) is 0 Å². The fourth-order valence-electron chi connectivity index (χ4n) is 0. The minimum atomic E-state index is -2.62. The fourth-order valence-corrected chi connectivity index (χ4v) is 0. The average Bonchev–Trinajstić information content (AvgIpc) is 0.811. The molecule has 36 valence electrons. The molecular formula is H7NaO3P2. The monoisotopic (exact) mass is 140 g/mol. The Hall–Kier alpha value is 1.74. The molecule has 0 radical (unpaired) electrons. The van der Waals surface area contributed by atoms with Gasteiger partial charge in [0.15, 0.2) is 0 Å². The van der Waals surface area contributed by atoms with E-state index in [1.54, 1.807) is 0 Å². The molecule has 0 fully saturated rings. The zero-order chi connectivity index (χ0) is 3.58. The van der Waals surface area contributed by atoms with E-state index in [0.717, 1.165) is 0 Å². The molecular weight excluding hydrogens is 133 g/mol. The molecule has 0 amide bonds. The van der Waals surface area contributed by atoms with E-state index in [1.807, 2.05) is 0 Å². The molecule has 0 bridgehead atoms. The number of rotatable bonds is 0. The van der Waals surface area contributed by atoms with Crippen LogP contribution in [0.25, 0.3) is 0 Å². The molecule has 0 aliphatic carbocycles. The first kappa shape index (κ1) is 15.6. The number of hydrogen-bond acceptors (Lipinski definition) is 3. The predicted molar refractivity (Wildman–Crippen MR) is 25.8 cm³/mol. The SMILES string of the molecule is OP(O)O.P.[H-].[Na+]. The van der Waals surface area contributed by atoms with Crippen molar-refractivity contribution in [3.05, 3.63) is 0 Å². The van der Waals surface area contributed by atoms with Crippen LogP contribution in [-0.2, 0) is 0 Å². The molecule has 3 nitrogen and oxygen atoms in total. The predicted octanol–water partition coefficient (Wildman–Crippen LogP) is -3.64. The normalized spacial score (nSPS) is 6.00. The van der Waals surface area contributed by atoms with Crippen molar-refractivity contribution in [3.8, 4) is 0 Å². The van der Waals surface area contributed by atoms with Gasteiger partial charge in [-0.25, -0.2) is 0 Å². The summed E-state index contributed by atoms with van der Waals surface area (Å²) in [5.41, 5.74) is 0. The molecule has 0 saturated heterocycles. The van der Waals surface area contributed by atoms with Gasteiger partial charge >= 0.3 is 38.2 Å². The van der Waals surface area contributed by atoms with Gasteiger partial charge in [0.1, 0.15) is 0 Å². The summed E-state index contributed by atoms with van der Waals surface area (Å²) in [5.74, 6) is 0. The first-order chi connectivity index (χ1) is 1.73. The Balaban J connectivity index is -0.0000000150. The van der Waals surface area contributed by atoms with Crippen LogP contribution >= 0.6 is 18.5 Å². The molecule has 0 saturated carbocycles. The van der Waals surface area contributed by atoms with E-state index in [9.17, 15) is 0 Å². The molecule has 1 atom stereocenters. The van der Waals surface area contributed by atoms with E-state index in [2.05, 4.69) is 0 Å². The van der Waals surface area contributed by atoms with E-state index in [-0.39, 0.29) is 40.9 Å². The Morgan fingerprint density at radius 3 is 1.17 bits per heavy atom. The van der Waals surface area contributed by atoms with Crippen molar-refractivity contribution < 1.29 is 45.7 Å². The summed E-state index contributed by atoms with van der Waals surface area (Å²) < 4.78 is 0. The second-order valence-electron chi connectivity index (χ2n) is 0.268. The van der Waals surface area contributed by atoms with Gasteiger partial charge in [-0.05, 0) is 0 Å². The largest absolute Gasteiger partial charge is 1.00 e. The molecule has 0 aromatic heterocycles. The van der Waals surface area contributed by atoms with Crippen LogP contribution < -0.4 is 29.6 Å². The van der Waals surface area contributed by atoms with Crippen LogP contribution in [0.15, 0.2) is 0 Å². The van der Waals surface area contributed by atoms with Crippen LogP contribution in [0.5, 0.6) is 0 Å². The second-order valence-corrected chi connectivity index (χ2v) is 0.805. The molecule has 0 spiro atoms. The third-order valence-corrected chi connectivity index (χ3v) is 0. The van der Waals surface area contributed by atoms with Crippen LogP contribution in [0.4, 0.5) is 0 Å². The van der Waals surface area contributed by atoms with Gasteiger partial charge < -0.3 is 16.1 Å². The Morgan fingerprint density at radius 1 is 1.17 bits per heavy atom. The average molecular weight is 140 g/mol. The molecule has 6 heavy (non-hydrogen) atoms. The van der Waals surface area contributed by atoms with Crippen LogP contribution in [0.1, 0.15) is 1.43 Å². The topological polar surface area (TPSA) is 60.7 Å². The van der Waals surface area contributed by atoms with Gasteiger partial charge in [-0.2, -0.15) is 9.90 Å². The van der Waals surface area contributed by atoms with E-state index < -0.39 is 8.60 Å². The third-order valence-electron chi connectivity index (χ3n) is 0. The fraction of sp³-hybridized carbons (Fsp3) is 0. The van der Waals surface area contributed by atoms with Gasteiger partial charge in [0, 0.05) is 0 Å². The summed E-state index contributed by atoms with van der Waals surface area (Å²) in [6.45, 7) is 0. The minimum Gasteiger partial charge on any atom is -1.00 e. The first-order valence-electron chi connectivity index (χ1n) is 0.600. The maximum absolute atomic E-state index is 7.23. The third kappa shape index (κ3) is 42.6. The van der Waals surface area contributed by atoms with Crippen molar-refractivity contribution in [2.24, 2.45) is 0 Å². The van der Waals surface area contributed by atoms with Crippen LogP contribution in [0.2, 0.25) is 0 Å². The Bertz CT molecular complexity index is 17.7.